The van der Waals surface area contributed by atoms with E-state index in [0.29, 0.717) is 12.3 Å². The molecule has 1 aliphatic carbocycles. The van der Waals surface area contributed by atoms with Gasteiger partial charge in [-0.25, -0.2) is 5.43 Å². The van der Waals surface area contributed by atoms with Crippen molar-refractivity contribution >= 4 is 12.1 Å². The van der Waals surface area contributed by atoms with Crippen LogP contribution in [0.15, 0.2) is 29.4 Å². The molecule has 1 amide bonds. The van der Waals surface area contributed by atoms with Crippen LogP contribution >= 0.6 is 0 Å². The summed E-state index contributed by atoms with van der Waals surface area (Å²) in [5.41, 5.74) is 5.95. The average Bonchev–Trinajstić information content (AvgIpc) is 3.12. The normalized spacial score (nSPS) is 13.3. The summed E-state index contributed by atoms with van der Waals surface area (Å²) in [7, 11) is 0. The van der Waals surface area contributed by atoms with Crippen molar-refractivity contribution in [3.63, 3.8) is 0 Å². The number of hydrogen-bond donors (Lipinski definition) is 2. The maximum Gasteiger partial charge on any atom is 0.292 e. The fraction of sp³-hybridized carbons (Fsp3) is 0.312. The van der Waals surface area contributed by atoms with Crippen LogP contribution < -0.4 is 10.2 Å². The van der Waals surface area contributed by atoms with Gasteiger partial charge in [-0.2, -0.15) is 10.2 Å². The maximum absolute atomic E-state index is 12.1. The van der Waals surface area contributed by atoms with Crippen LogP contribution in [0, 0.1) is 0 Å². The molecule has 0 radical (unpaired) electrons. The van der Waals surface area contributed by atoms with Crippen molar-refractivity contribution < 1.29 is 9.53 Å². The van der Waals surface area contributed by atoms with E-state index in [0.717, 1.165) is 41.8 Å². The third-order valence-electron chi connectivity index (χ3n) is 3.59. The lowest BCUT2D eigenvalue weighted by Crippen LogP contribution is -2.19. The van der Waals surface area contributed by atoms with Crippen LogP contribution in [0.5, 0.6) is 5.75 Å². The van der Waals surface area contributed by atoms with Gasteiger partial charge in [0.15, 0.2) is 5.69 Å². The van der Waals surface area contributed by atoms with Gasteiger partial charge in [0, 0.05) is 11.3 Å². The quantitative estimate of drug-likeness (QED) is 0.655. The van der Waals surface area contributed by atoms with Crippen molar-refractivity contribution in [2.45, 2.75) is 26.2 Å². The number of ether oxygens (including phenoxy) is 1. The second-order valence-electron chi connectivity index (χ2n) is 5.08. The molecule has 2 aromatic rings. The predicted octanol–water partition coefficient (Wildman–Crippen LogP) is 2.06. The van der Waals surface area contributed by atoms with Crippen molar-refractivity contribution in [1.82, 2.24) is 15.6 Å². The van der Waals surface area contributed by atoms with Crippen molar-refractivity contribution in [2.24, 2.45) is 5.10 Å². The van der Waals surface area contributed by atoms with E-state index < -0.39 is 0 Å². The predicted molar refractivity (Wildman–Crippen MR) is 83.3 cm³/mol. The molecular weight excluding hydrogens is 280 g/mol. The number of fused-ring (bicyclic) bond motifs is 1. The molecule has 6 nitrogen and oxygen atoms in total. The number of aromatic nitrogens is 2. The van der Waals surface area contributed by atoms with Crippen LogP contribution in [0.3, 0.4) is 0 Å². The van der Waals surface area contributed by atoms with Crippen LogP contribution in [0.1, 0.15) is 40.7 Å². The van der Waals surface area contributed by atoms with Gasteiger partial charge in [-0.1, -0.05) is 0 Å². The first-order valence-electron chi connectivity index (χ1n) is 7.40. The Balaban J connectivity index is 1.60. The highest BCUT2D eigenvalue weighted by atomic mass is 16.5. The lowest BCUT2D eigenvalue weighted by molar-refractivity contribution is 0.0949. The van der Waals surface area contributed by atoms with E-state index in [-0.39, 0.29) is 5.91 Å². The molecule has 1 aliphatic rings. The molecule has 22 heavy (non-hydrogen) atoms. The van der Waals surface area contributed by atoms with Gasteiger partial charge in [-0.3, -0.25) is 9.89 Å². The molecule has 0 saturated carbocycles. The Morgan fingerprint density at radius 2 is 2.23 bits per heavy atom. The zero-order chi connectivity index (χ0) is 15.4. The second-order valence-corrected chi connectivity index (χ2v) is 5.08. The van der Waals surface area contributed by atoms with Crippen LogP contribution in [0.25, 0.3) is 0 Å². The van der Waals surface area contributed by atoms with Gasteiger partial charge < -0.3 is 4.74 Å². The SMILES string of the molecule is CCOc1ccc(/C=N/NC(=O)c2n[nH]c3c2CCC3)cc1. The van der Waals surface area contributed by atoms with Gasteiger partial charge in [0.2, 0.25) is 0 Å². The summed E-state index contributed by atoms with van der Waals surface area (Å²) < 4.78 is 5.37. The number of nitrogens with zero attached hydrogens (tertiary/aromatic N) is 2. The molecule has 1 heterocycles. The summed E-state index contributed by atoms with van der Waals surface area (Å²) in [6.07, 6.45) is 4.53. The van der Waals surface area contributed by atoms with E-state index in [1.165, 1.54) is 0 Å². The molecule has 1 aromatic carbocycles. The highest BCUT2D eigenvalue weighted by molar-refractivity contribution is 5.94. The average molecular weight is 298 g/mol. The van der Waals surface area contributed by atoms with E-state index in [9.17, 15) is 4.79 Å². The number of hydrazone groups is 1. The Kier molecular flexibility index (Phi) is 4.18. The molecule has 3 rings (SSSR count). The maximum atomic E-state index is 12.1. The minimum atomic E-state index is -0.276. The van der Waals surface area contributed by atoms with E-state index in [1.807, 2.05) is 31.2 Å². The summed E-state index contributed by atoms with van der Waals surface area (Å²) in [5.74, 6) is 0.539. The van der Waals surface area contributed by atoms with Gasteiger partial charge in [0.05, 0.1) is 12.8 Å². The van der Waals surface area contributed by atoms with Gasteiger partial charge in [-0.15, -0.1) is 0 Å². The summed E-state index contributed by atoms with van der Waals surface area (Å²) in [6.45, 7) is 2.58. The van der Waals surface area contributed by atoms with Crippen LogP contribution in [-0.4, -0.2) is 28.9 Å². The summed E-state index contributed by atoms with van der Waals surface area (Å²) in [4.78, 5) is 12.1. The van der Waals surface area contributed by atoms with E-state index >= 15 is 0 Å². The molecule has 1 aromatic heterocycles. The monoisotopic (exact) mass is 298 g/mol. The zero-order valence-electron chi connectivity index (χ0n) is 12.4. The number of carbonyl (C=O) groups excluding carboxylic acids is 1. The molecular formula is C16H18N4O2. The minimum Gasteiger partial charge on any atom is -0.494 e. The van der Waals surface area contributed by atoms with Crippen LogP contribution in [0.2, 0.25) is 0 Å². The van der Waals surface area contributed by atoms with Crippen molar-refractivity contribution in [1.29, 1.82) is 0 Å². The standard InChI is InChI=1S/C16H18N4O2/c1-2-22-12-8-6-11(7-9-12)10-17-20-16(21)15-13-4-3-5-14(13)18-19-15/h6-10H,2-5H2,1H3,(H,18,19)(H,20,21)/b17-10+. The molecule has 0 fully saturated rings. The third kappa shape index (κ3) is 3.00. The van der Waals surface area contributed by atoms with Crippen LogP contribution in [-0.2, 0) is 12.8 Å². The number of nitrogens with one attached hydrogen (secondary N) is 2. The highest BCUT2D eigenvalue weighted by Crippen LogP contribution is 2.22. The Morgan fingerprint density at radius 3 is 3.00 bits per heavy atom. The number of benzene rings is 1. The lowest BCUT2D eigenvalue weighted by atomic mass is 10.2. The lowest BCUT2D eigenvalue weighted by Gasteiger charge is -2.02. The van der Waals surface area contributed by atoms with Gasteiger partial charge in [0.1, 0.15) is 5.75 Å². The Labute approximate surface area is 128 Å². The number of rotatable bonds is 5. The second kappa shape index (κ2) is 6.43. The van der Waals surface area contributed by atoms with E-state index in [4.69, 9.17) is 4.74 Å². The topological polar surface area (TPSA) is 79.4 Å². The van der Waals surface area contributed by atoms with Gasteiger partial charge >= 0.3 is 0 Å². The van der Waals surface area contributed by atoms with Crippen molar-refractivity contribution in [2.75, 3.05) is 6.61 Å². The fourth-order valence-corrected chi connectivity index (χ4v) is 2.54. The first-order valence-corrected chi connectivity index (χ1v) is 7.40. The smallest absolute Gasteiger partial charge is 0.292 e. The molecule has 114 valence electrons. The summed E-state index contributed by atoms with van der Waals surface area (Å²) in [6, 6.07) is 7.50. The Hall–Kier alpha value is -2.63. The first-order chi connectivity index (χ1) is 10.8. The number of hydrogen-bond acceptors (Lipinski definition) is 4. The largest absolute Gasteiger partial charge is 0.494 e. The molecule has 0 spiro atoms. The number of aromatic amines is 1. The Morgan fingerprint density at radius 1 is 1.41 bits per heavy atom. The van der Waals surface area contributed by atoms with E-state index in [1.54, 1.807) is 6.21 Å². The molecule has 6 heteroatoms. The number of amides is 1. The number of carbonyl (C=O) groups is 1. The van der Waals surface area contributed by atoms with Crippen molar-refractivity contribution in [3.05, 3.63) is 46.8 Å². The first kappa shape index (κ1) is 14.3. The zero-order valence-corrected chi connectivity index (χ0v) is 12.4. The molecule has 0 atom stereocenters. The van der Waals surface area contributed by atoms with Gasteiger partial charge in [-0.05, 0) is 56.0 Å². The summed E-state index contributed by atoms with van der Waals surface area (Å²) in [5, 5.41) is 11.0. The number of H-pyrrole nitrogens is 1. The minimum absolute atomic E-state index is 0.276. The van der Waals surface area contributed by atoms with Crippen molar-refractivity contribution in [3.8, 4) is 5.75 Å². The molecule has 0 bridgehead atoms. The fourth-order valence-electron chi connectivity index (χ4n) is 2.54. The molecule has 0 unspecified atom stereocenters. The number of aryl methyl sites for hydroxylation is 1. The van der Waals surface area contributed by atoms with Crippen LogP contribution in [0.4, 0.5) is 0 Å². The molecule has 2 N–H and O–H groups in total. The van der Waals surface area contributed by atoms with E-state index in [2.05, 4.69) is 20.7 Å². The summed E-state index contributed by atoms with van der Waals surface area (Å²) >= 11 is 0. The Bertz CT molecular complexity index is 689. The third-order valence-corrected chi connectivity index (χ3v) is 3.59. The van der Waals surface area contributed by atoms with Gasteiger partial charge in [0.25, 0.3) is 5.91 Å². The molecule has 0 saturated heterocycles. The molecule has 0 aliphatic heterocycles. The highest BCUT2D eigenvalue weighted by Gasteiger charge is 2.22.